The zero-order chi connectivity index (χ0) is 11.7. The average molecular weight is 196 g/mol. The lowest BCUT2D eigenvalue weighted by molar-refractivity contribution is -0.116. The van der Waals surface area contributed by atoms with Crippen LogP contribution in [0, 0.1) is 0 Å². The van der Waals surface area contributed by atoms with Crippen LogP contribution in [0.1, 0.15) is 27.2 Å². The van der Waals surface area contributed by atoms with Gasteiger partial charge in [0.05, 0.1) is 6.04 Å². The Kier molecular flexibility index (Phi) is 9.14. The predicted octanol–water partition coefficient (Wildman–Crippen LogP) is 2.09. The van der Waals surface area contributed by atoms with Crippen LogP contribution in [-0.2, 0) is 4.79 Å². The van der Waals surface area contributed by atoms with Crippen molar-refractivity contribution in [1.82, 2.24) is 0 Å². The molecule has 3 heteroatoms. The second-order valence-corrected chi connectivity index (χ2v) is 2.46. The number of nitrogens with two attached hydrogens (primary N) is 1. The quantitative estimate of drug-likeness (QED) is 0.515. The second kappa shape index (κ2) is 8.38. The van der Waals surface area contributed by atoms with Crippen LogP contribution in [0.3, 0.4) is 0 Å². The monoisotopic (exact) mass is 196 g/mol. The van der Waals surface area contributed by atoms with E-state index in [0.717, 1.165) is 5.57 Å². The third kappa shape index (κ3) is 3.66. The summed E-state index contributed by atoms with van der Waals surface area (Å²) in [4.78, 5) is 14.6. The Bertz CT molecular complexity index is 231. The van der Waals surface area contributed by atoms with E-state index in [1.807, 2.05) is 20.8 Å². The minimum atomic E-state index is -0.375. The molecule has 2 N–H and O–H groups in total. The summed E-state index contributed by atoms with van der Waals surface area (Å²) in [5, 5.41) is 0. The largest absolute Gasteiger partial charge is 0.321 e. The predicted molar refractivity (Wildman–Crippen MR) is 62.5 cm³/mol. The van der Waals surface area contributed by atoms with Gasteiger partial charge in [-0.3, -0.25) is 9.79 Å². The Labute approximate surface area is 86.4 Å². The summed E-state index contributed by atoms with van der Waals surface area (Å²) in [5.41, 5.74) is 6.87. The summed E-state index contributed by atoms with van der Waals surface area (Å²) >= 11 is 0. The fourth-order valence-corrected chi connectivity index (χ4v) is 1.12. The van der Waals surface area contributed by atoms with Gasteiger partial charge in [0, 0.05) is 0 Å². The highest BCUT2D eigenvalue weighted by Gasteiger charge is 2.26. The fourth-order valence-electron chi connectivity index (χ4n) is 1.12. The molecular weight excluding hydrogens is 176 g/mol. The van der Waals surface area contributed by atoms with Gasteiger partial charge in [0.15, 0.2) is 5.78 Å². The molecule has 0 saturated carbocycles. The van der Waals surface area contributed by atoms with Crippen molar-refractivity contribution in [1.29, 1.82) is 0 Å². The Morgan fingerprint density at radius 1 is 1.43 bits per heavy atom. The number of aliphatic imine (C=N–C) groups is 1. The zero-order valence-corrected chi connectivity index (χ0v) is 9.34. The third-order valence-electron chi connectivity index (χ3n) is 1.66. The minimum Gasteiger partial charge on any atom is -0.321 e. The zero-order valence-electron chi connectivity index (χ0n) is 9.34. The molecule has 0 fully saturated rings. The lowest BCUT2D eigenvalue weighted by Crippen LogP contribution is -2.26. The molecule has 1 unspecified atom stereocenters. The van der Waals surface area contributed by atoms with Gasteiger partial charge in [0.2, 0.25) is 0 Å². The number of carbonyl (C=O) groups is 1. The van der Waals surface area contributed by atoms with Crippen molar-refractivity contribution in [2.24, 2.45) is 10.7 Å². The van der Waals surface area contributed by atoms with Gasteiger partial charge in [-0.2, -0.15) is 0 Å². The summed E-state index contributed by atoms with van der Waals surface area (Å²) < 4.78 is 0. The van der Waals surface area contributed by atoms with Crippen molar-refractivity contribution in [2.75, 3.05) is 0 Å². The van der Waals surface area contributed by atoms with Crippen LogP contribution in [0.4, 0.5) is 0 Å². The molecular formula is C11H20N2O. The molecule has 1 aliphatic carbocycles. The van der Waals surface area contributed by atoms with Crippen molar-refractivity contribution in [3.63, 3.8) is 0 Å². The molecule has 0 aromatic rings. The highest BCUT2D eigenvalue weighted by Crippen LogP contribution is 2.21. The molecule has 80 valence electrons. The smallest absolute Gasteiger partial charge is 0.198 e. The van der Waals surface area contributed by atoms with Gasteiger partial charge in [-0.05, 0) is 25.6 Å². The fraction of sp³-hybridized carbons (Fsp3) is 0.455. The number of hydrogen-bond donors (Lipinski definition) is 1. The number of carbonyl (C=O) groups excluding carboxylic acids is 1. The van der Waals surface area contributed by atoms with Gasteiger partial charge < -0.3 is 5.73 Å². The Hall–Kier alpha value is -1.22. The summed E-state index contributed by atoms with van der Waals surface area (Å²) in [6, 6.07) is -0.375. The van der Waals surface area contributed by atoms with E-state index in [-0.39, 0.29) is 11.8 Å². The molecule has 14 heavy (non-hydrogen) atoms. The van der Waals surface area contributed by atoms with Crippen LogP contribution in [-0.4, -0.2) is 18.5 Å². The van der Waals surface area contributed by atoms with E-state index in [2.05, 4.69) is 24.9 Å². The van der Waals surface area contributed by atoms with Gasteiger partial charge in [-0.25, -0.2) is 0 Å². The summed E-state index contributed by atoms with van der Waals surface area (Å²) in [5.74, 6) is -0.0764. The average Bonchev–Trinajstić information content (AvgIpc) is 2.47. The van der Waals surface area contributed by atoms with Crippen molar-refractivity contribution in [3.8, 4) is 0 Å². The molecule has 0 aliphatic heterocycles. The molecule has 0 radical (unpaired) electrons. The van der Waals surface area contributed by atoms with Gasteiger partial charge in [0.25, 0.3) is 0 Å². The van der Waals surface area contributed by atoms with Crippen LogP contribution in [0.2, 0.25) is 0 Å². The van der Waals surface area contributed by atoms with Gasteiger partial charge >= 0.3 is 0 Å². The minimum absolute atomic E-state index is 0.0764. The maximum Gasteiger partial charge on any atom is 0.198 e. The van der Waals surface area contributed by atoms with E-state index < -0.39 is 0 Å². The number of Topliss-reactive ketones (excluding diaryl/α,β-unsaturated/α-hetero) is 1. The molecule has 1 atom stereocenters. The Morgan fingerprint density at radius 2 is 1.86 bits per heavy atom. The molecule has 0 spiro atoms. The molecule has 1 rings (SSSR count). The van der Waals surface area contributed by atoms with Crippen molar-refractivity contribution >= 4 is 12.5 Å². The third-order valence-corrected chi connectivity index (χ3v) is 1.66. The highest BCUT2D eigenvalue weighted by atomic mass is 16.1. The first-order chi connectivity index (χ1) is 6.66. The van der Waals surface area contributed by atoms with Crippen LogP contribution in [0.25, 0.3) is 0 Å². The van der Waals surface area contributed by atoms with E-state index >= 15 is 0 Å². The first kappa shape index (κ1) is 15.3. The van der Waals surface area contributed by atoms with Crippen LogP contribution < -0.4 is 5.73 Å². The normalized spacial score (nSPS) is 19.1. The highest BCUT2D eigenvalue weighted by molar-refractivity contribution is 6.02. The van der Waals surface area contributed by atoms with E-state index in [1.165, 1.54) is 0 Å². The summed E-state index contributed by atoms with van der Waals surface area (Å²) in [6.07, 6.45) is 0.632. The maximum atomic E-state index is 11.0. The Balaban J connectivity index is 0. The standard InChI is InChI=1S/C7H10N2O.C2H6.C2H4/c1-4-3-5(8)7(10)6(4)9-2;2*1-2/h5H,2-3,8H2,1H3;1-2H3;1-2H2. The van der Waals surface area contributed by atoms with E-state index in [0.29, 0.717) is 12.1 Å². The second-order valence-electron chi connectivity index (χ2n) is 2.46. The van der Waals surface area contributed by atoms with Gasteiger partial charge in [0.1, 0.15) is 5.70 Å². The van der Waals surface area contributed by atoms with Crippen LogP contribution >= 0.6 is 0 Å². The van der Waals surface area contributed by atoms with Crippen molar-refractivity contribution < 1.29 is 4.79 Å². The van der Waals surface area contributed by atoms with E-state index in [9.17, 15) is 4.79 Å². The lowest BCUT2D eigenvalue weighted by Gasteiger charge is -1.95. The molecule has 0 saturated heterocycles. The molecule has 0 amide bonds. The number of ketones is 1. The first-order valence-corrected chi connectivity index (χ1v) is 4.63. The number of rotatable bonds is 1. The molecule has 0 aromatic heterocycles. The van der Waals surface area contributed by atoms with Crippen LogP contribution in [0.5, 0.6) is 0 Å². The van der Waals surface area contributed by atoms with Crippen LogP contribution in [0.15, 0.2) is 29.4 Å². The molecule has 0 aromatic carbocycles. The SMILES string of the molecule is C=C.C=NC1=C(C)CC(N)C1=O.CC. The van der Waals surface area contributed by atoms with E-state index in [4.69, 9.17) is 5.73 Å². The van der Waals surface area contributed by atoms with Gasteiger partial charge in [-0.1, -0.05) is 13.8 Å². The summed E-state index contributed by atoms with van der Waals surface area (Å²) in [7, 11) is 0. The molecule has 1 aliphatic rings. The topological polar surface area (TPSA) is 55.4 Å². The number of nitrogens with zero attached hydrogens (tertiary/aromatic N) is 1. The van der Waals surface area contributed by atoms with Crippen molar-refractivity contribution in [3.05, 3.63) is 24.4 Å². The molecule has 0 bridgehead atoms. The Morgan fingerprint density at radius 3 is 2.00 bits per heavy atom. The maximum absolute atomic E-state index is 11.0. The van der Waals surface area contributed by atoms with Crippen molar-refractivity contribution in [2.45, 2.75) is 33.2 Å². The number of hydrogen-bond acceptors (Lipinski definition) is 3. The van der Waals surface area contributed by atoms with Gasteiger partial charge in [-0.15, -0.1) is 13.2 Å². The lowest BCUT2D eigenvalue weighted by atomic mass is 10.2. The molecule has 0 heterocycles. The molecule has 3 nitrogen and oxygen atoms in total. The summed E-state index contributed by atoms with van der Waals surface area (Å²) in [6.45, 7) is 15.1. The first-order valence-electron chi connectivity index (χ1n) is 4.63. The van der Waals surface area contributed by atoms with E-state index in [1.54, 1.807) is 0 Å².